The van der Waals surface area contributed by atoms with Gasteiger partial charge < -0.3 is 9.88 Å². The van der Waals surface area contributed by atoms with Crippen LogP contribution in [0.5, 0.6) is 0 Å². The molecule has 0 unspecified atom stereocenters. The van der Waals surface area contributed by atoms with Crippen molar-refractivity contribution in [3.8, 4) is 0 Å². The number of carbonyl (C=O) groups is 1. The average molecular weight is 297 g/mol. The first-order chi connectivity index (χ1) is 10.7. The van der Waals surface area contributed by atoms with E-state index in [1.807, 2.05) is 0 Å². The van der Waals surface area contributed by atoms with Gasteiger partial charge in [0, 0.05) is 19.0 Å². The van der Waals surface area contributed by atoms with Crippen LogP contribution in [0.15, 0.2) is 18.2 Å². The lowest BCUT2D eigenvalue weighted by molar-refractivity contribution is -0.121. The Balaban J connectivity index is 1.50. The Morgan fingerprint density at radius 2 is 2.05 bits per heavy atom. The molecule has 1 heterocycles. The number of aromatic nitrogens is 2. The maximum Gasteiger partial charge on any atom is 0.224 e. The predicted octanol–water partition coefficient (Wildman–Crippen LogP) is 3.05. The lowest BCUT2D eigenvalue weighted by Gasteiger charge is -2.11. The van der Waals surface area contributed by atoms with Crippen LogP contribution in [-0.2, 0) is 18.3 Å². The van der Waals surface area contributed by atoms with E-state index in [0.29, 0.717) is 18.4 Å². The van der Waals surface area contributed by atoms with Crippen molar-refractivity contribution in [2.24, 2.45) is 7.05 Å². The van der Waals surface area contributed by atoms with Crippen LogP contribution in [0.25, 0.3) is 11.0 Å². The van der Waals surface area contributed by atoms with Gasteiger partial charge in [-0.1, -0.05) is 18.9 Å². The predicted molar refractivity (Wildman–Crippen MR) is 86.8 cm³/mol. The van der Waals surface area contributed by atoms with Crippen molar-refractivity contribution in [1.29, 1.82) is 0 Å². The number of nitrogens with zero attached hydrogens (tertiary/aromatic N) is 2. The highest BCUT2D eigenvalue weighted by molar-refractivity contribution is 5.82. The minimum absolute atomic E-state index is 0.143. The summed E-state index contributed by atoms with van der Waals surface area (Å²) < 4.78 is 2.20. The van der Waals surface area contributed by atoms with Crippen molar-refractivity contribution in [2.45, 2.75) is 56.9 Å². The molecule has 1 aromatic heterocycles. The number of aryl methyl sites for hydroxylation is 1. The fourth-order valence-electron chi connectivity index (χ4n) is 3.61. The van der Waals surface area contributed by atoms with Crippen LogP contribution >= 0.6 is 0 Å². The number of rotatable bonds is 4. The van der Waals surface area contributed by atoms with E-state index < -0.39 is 0 Å². The zero-order chi connectivity index (χ0) is 15.1. The fraction of sp³-hybridized carbons (Fsp3) is 0.556. The average Bonchev–Trinajstić information content (AvgIpc) is 3.12. The maximum absolute atomic E-state index is 12.2. The molecule has 2 saturated carbocycles. The highest BCUT2D eigenvalue weighted by Crippen LogP contribution is 2.40. The number of imidazole rings is 1. The van der Waals surface area contributed by atoms with Gasteiger partial charge >= 0.3 is 0 Å². The summed E-state index contributed by atoms with van der Waals surface area (Å²) in [5, 5.41) is 3.16. The van der Waals surface area contributed by atoms with E-state index in [9.17, 15) is 4.79 Å². The molecule has 1 aromatic carbocycles. The molecule has 2 aliphatic carbocycles. The van der Waals surface area contributed by atoms with Crippen molar-refractivity contribution in [3.63, 3.8) is 0 Å². The van der Waals surface area contributed by atoms with Gasteiger partial charge in [0.2, 0.25) is 5.91 Å². The molecule has 4 rings (SSSR count). The fourth-order valence-corrected chi connectivity index (χ4v) is 3.61. The zero-order valence-electron chi connectivity index (χ0n) is 13.1. The summed E-state index contributed by atoms with van der Waals surface area (Å²) in [4.78, 5) is 16.9. The topological polar surface area (TPSA) is 46.9 Å². The molecule has 4 heteroatoms. The molecular formula is C18H23N3O. The normalized spacial score (nSPS) is 19.0. The van der Waals surface area contributed by atoms with E-state index in [0.717, 1.165) is 23.9 Å². The standard InChI is InChI=1S/C18H23N3O/c1-21-16-9-6-12(10-15(16)20-18(21)13-7-8-13)11-17(22)19-14-4-2-3-5-14/h6,9-10,13-14H,2-5,7-8,11H2,1H3,(H,19,22). The van der Waals surface area contributed by atoms with Gasteiger partial charge in [-0.2, -0.15) is 0 Å². The summed E-state index contributed by atoms with van der Waals surface area (Å²) in [6.45, 7) is 0. The van der Waals surface area contributed by atoms with Crippen LogP contribution in [0, 0.1) is 0 Å². The largest absolute Gasteiger partial charge is 0.353 e. The Bertz CT molecular complexity index is 708. The first-order valence-corrected chi connectivity index (χ1v) is 8.45. The molecule has 0 radical (unpaired) electrons. The van der Waals surface area contributed by atoms with Crippen LogP contribution in [0.2, 0.25) is 0 Å². The van der Waals surface area contributed by atoms with Crippen LogP contribution < -0.4 is 5.32 Å². The molecule has 4 nitrogen and oxygen atoms in total. The minimum Gasteiger partial charge on any atom is -0.353 e. The van der Waals surface area contributed by atoms with Crippen LogP contribution in [0.1, 0.15) is 55.8 Å². The molecule has 0 spiro atoms. The maximum atomic E-state index is 12.2. The van der Waals surface area contributed by atoms with E-state index in [1.165, 1.54) is 37.0 Å². The molecule has 0 bridgehead atoms. The first kappa shape index (κ1) is 13.8. The second-order valence-corrected chi connectivity index (χ2v) is 6.85. The van der Waals surface area contributed by atoms with Gasteiger partial charge in [-0.15, -0.1) is 0 Å². The second kappa shape index (κ2) is 5.41. The van der Waals surface area contributed by atoms with E-state index >= 15 is 0 Å². The van der Waals surface area contributed by atoms with Crippen LogP contribution in [0.3, 0.4) is 0 Å². The highest BCUT2D eigenvalue weighted by atomic mass is 16.1. The monoisotopic (exact) mass is 297 g/mol. The Morgan fingerprint density at radius 1 is 1.27 bits per heavy atom. The Kier molecular flexibility index (Phi) is 3.40. The zero-order valence-corrected chi connectivity index (χ0v) is 13.1. The molecule has 1 amide bonds. The number of amides is 1. The lowest BCUT2D eigenvalue weighted by Crippen LogP contribution is -2.33. The third kappa shape index (κ3) is 2.62. The number of benzene rings is 1. The lowest BCUT2D eigenvalue weighted by atomic mass is 10.1. The number of hydrogen-bond donors (Lipinski definition) is 1. The van der Waals surface area contributed by atoms with Crippen LogP contribution in [0.4, 0.5) is 0 Å². The molecule has 2 fully saturated rings. The molecule has 1 N–H and O–H groups in total. The molecular weight excluding hydrogens is 274 g/mol. The molecule has 0 atom stereocenters. The number of fused-ring (bicyclic) bond motifs is 1. The van der Waals surface area contributed by atoms with Crippen molar-refractivity contribution in [2.75, 3.05) is 0 Å². The third-order valence-corrected chi connectivity index (χ3v) is 5.01. The summed E-state index contributed by atoms with van der Waals surface area (Å²) in [5.74, 6) is 1.98. The van der Waals surface area contributed by atoms with Gasteiger partial charge in [0.1, 0.15) is 5.82 Å². The Hall–Kier alpha value is -1.84. The van der Waals surface area contributed by atoms with E-state index in [2.05, 4.69) is 35.1 Å². The van der Waals surface area contributed by atoms with Gasteiger partial charge in [0.15, 0.2) is 0 Å². The molecule has 0 saturated heterocycles. The number of nitrogens with one attached hydrogen (secondary N) is 1. The van der Waals surface area contributed by atoms with Crippen molar-refractivity contribution >= 4 is 16.9 Å². The van der Waals surface area contributed by atoms with Gasteiger partial charge in [-0.05, 0) is 43.4 Å². The summed E-state index contributed by atoms with van der Waals surface area (Å²) >= 11 is 0. The van der Waals surface area contributed by atoms with Gasteiger partial charge in [-0.25, -0.2) is 4.98 Å². The smallest absolute Gasteiger partial charge is 0.224 e. The summed E-state index contributed by atoms with van der Waals surface area (Å²) in [5.41, 5.74) is 3.25. The Labute approximate surface area is 130 Å². The number of carbonyl (C=O) groups excluding carboxylic acids is 1. The second-order valence-electron chi connectivity index (χ2n) is 6.85. The van der Waals surface area contributed by atoms with Crippen molar-refractivity contribution < 1.29 is 4.79 Å². The van der Waals surface area contributed by atoms with Crippen molar-refractivity contribution in [3.05, 3.63) is 29.6 Å². The minimum atomic E-state index is 0.143. The van der Waals surface area contributed by atoms with E-state index in [1.54, 1.807) is 0 Å². The molecule has 116 valence electrons. The van der Waals surface area contributed by atoms with Gasteiger partial charge in [0.05, 0.1) is 17.5 Å². The van der Waals surface area contributed by atoms with Gasteiger partial charge in [-0.3, -0.25) is 4.79 Å². The summed E-state index contributed by atoms with van der Waals surface area (Å²) in [6, 6.07) is 6.64. The first-order valence-electron chi connectivity index (χ1n) is 8.45. The van der Waals surface area contributed by atoms with Crippen LogP contribution in [-0.4, -0.2) is 21.5 Å². The quantitative estimate of drug-likeness (QED) is 0.943. The Morgan fingerprint density at radius 3 is 2.77 bits per heavy atom. The van der Waals surface area contributed by atoms with Gasteiger partial charge in [0.25, 0.3) is 0 Å². The molecule has 0 aliphatic heterocycles. The molecule has 2 aliphatic rings. The third-order valence-electron chi connectivity index (χ3n) is 5.01. The molecule has 2 aromatic rings. The summed E-state index contributed by atoms with van der Waals surface area (Å²) in [7, 11) is 2.09. The summed E-state index contributed by atoms with van der Waals surface area (Å²) in [6.07, 6.45) is 7.73. The SMILES string of the molecule is Cn1c(C2CC2)nc2cc(CC(=O)NC3CCCC3)ccc21. The van der Waals surface area contributed by atoms with E-state index in [-0.39, 0.29) is 5.91 Å². The van der Waals surface area contributed by atoms with Crippen molar-refractivity contribution in [1.82, 2.24) is 14.9 Å². The van der Waals surface area contributed by atoms with E-state index in [4.69, 9.17) is 4.98 Å². The number of hydrogen-bond acceptors (Lipinski definition) is 2. The highest BCUT2D eigenvalue weighted by Gasteiger charge is 2.28. The molecule has 22 heavy (non-hydrogen) atoms.